The van der Waals surface area contributed by atoms with E-state index in [4.69, 9.17) is 4.74 Å². The standard InChI is InChI=1S/C12H19N3O/c13-7-12(9-16-10-12)8-14-4-5-15-3-1-2-11(15)6-14/h11H,1-6,8-10H2. The second-order valence-electron chi connectivity index (χ2n) is 5.45. The molecule has 4 heteroatoms. The molecule has 0 bridgehead atoms. The summed E-state index contributed by atoms with van der Waals surface area (Å²) in [7, 11) is 0. The molecule has 4 nitrogen and oxygen atoms in total. The van der Waals surface area contributed by atoms with Crippen molar-refractivity contribution in [2.24, 2.45) is 5.41 Å². The van der Waals surface area contributed by atoms with Gasteiger partial charge in [0, 0.05) is 32.2 Å². The third-order valence-corrected chi connectivity index (χ3v) is 4.19. The second kappa shape index (κ2) is 3.99. The lowest BCUT2D eigenvalue weighted by Gasteiger charge is -2.43. The van der Waals surface area contributed by atoms with Crippen LogP contribution < -0.4 is 0 Å². The van der Waals surface area contributed by atoms with Crippen molar-refractivity contribution in [2.45, 2.75) is 18.9 Å². The van der Waals surface area contributed by atoms with Crippen molar-refractivity contribution >= 4 is 0 Å². The van der Waals surface area contributed by atoms with Crippen LogP contribution in [0.3, 0.4) is 0 Å². The van der Waals surface area contributed by atoms with Crippen LogP contribution in [0.5, 0.6) is 0 Å². The van der Waals surface area contributed by atoms with Crippen molar-refractivity contribution in [3.8, 4) is 6.07 Å². The van der Waals surface area contributed by atoms with E-state index in [-0.39, 0.29) is 5.41 Å². The van der Waals surface area contributed by atoms with E-state index in [9.17, 15) is 5.26 Å². The van der Waals surface area contributed by atoms with Crippen LogP contribution in [0.15, 0.2) is 0 Å². The molecule has 0 spiro atoms. The average Bonchev–Trinajstić information content (AvgIpc) is 2.70. The predicted molar refractivity (Wildman–Crippen MR) is 59.9 cm³/mol. The molecule has 16 heavy (non-hydrogen) atoms. The molecular formula is C12H19N3O. The molecule has 3 fully saturated rings. The van der Waals surface area contributed by atoms with E-state index in [1.165, 1.54) is 25.9 Å². The highest BCUT2D eigenvalue weighted by molar-refractivity contribution is 5.06. The molecular weight excluding hydrogens is 202 g/mol. The van der Waals surface area contributed by atoms with Gasteiger partial charge >= 0.3 is 0 Å². The van der Waals surface area contributed by atoms with E-state index in [2.05, 4.69) is 15.9 Å². The number of hydrogen-bond donors (Lipinski definition) is 0. The summed E-state index contributed by atoms with van der Waals surface area (Å²) < 4.78 is 5.20. The Morgan fingerprint density at radius 2 is 2.19 bits per heavy atom. The number of piperazine rings is 1. The molecule has 0 radical (unpaired) electrons. The molecule has 3 rings (SSSR count). The summed E-state index contributed by atoms with van der Waals surface area (Å²) in [6, 6.07) is 3.20. The van der Waals surface area contributed by atoms with Gasteiger partial charge < -0.3 is 4.74 Å². The third-order valence-electron chi connectivity index (χ3n) is 4.19. The third kappa shape index (κ3) is 1.73. The lowest BCUT2D eigenvalue weighted by Crippen LogP contribution is -2.56. The Kier molecular flexibility index (Phi) is 2.62. The van der Waals surface area contributed by atoms with Crippen LogP contribution in [0.2, 0.25) is 0 Å². The first-order chi connectivity index (χ1) is 7.81. The topological polar surface area (TPSA) is 39.5 Å². The number of ether oxygens (including phenoxy) is 1. The molecule has 0 N–H and O–H groups in total. The van der Waals surface area contributed by atoms with Crippen molar-refractivity contribution in [1.82, 2.24) is 9.80 Å². The summed E-state index contributed by atoms with van der Waals surface area (Å²) in [4.78, 5) is 5.07. The predicted octanol–water partition coefficient (Wildman–Crippen LogP) is 0.307. The van der Waals surface area contributed by atoms with Crippen molar-refractivity contribution < 1.29 is 4.74 Å². The fourth-order valence-electron chi connectivity index (χ4n) is 3.17. The first-order valence-electron chi connectivity index (χ1n) is 6.27. The summed E-state index contributed by atoms with van der Waals surface area (Å²) in [5.74, 6) is 0. The Balaban J connectivity index is 1.58. The van der Waals surface area contributed by atoms with Crippen LogP contribution in [0.25, 0.3) is 0 Å². The van der Waals surface area contributed by atoms with Crippen LogP contribution in [0.4, 0.5) is 0 Å². The Bertz CT molecular complexity index is 308. The van der Waals surface area contributed by atoms with Gasteiger partial charge in [0.25, 0.3) is 0 Å². The minimum absolute atomic E-state index is 0.194. The van der Waals surface area contributed by atoms with Gasteiger partial charge in [0.1, 0.15) is 5.41 Å². The molecule has 3 heterocycles. The van der Waals surface area contributed by atoms with Gasteiger partial charge in [-0.1, -0.05) is 0 Å². The van der Waals surface area contributed by atoms with Crippen LogP contribution in [0.1, 0.15) is 12.8 Å². The zero-order valence-corrected chi connectivity index (χ0v) is 9.69. The Morgan fingerprint density at radius 1 is 1.31 bits per heavy atom. The molecule has 1 atom stereocenters. The molecule has 0 saturated carbocycles. The van der Waals surface area contributed by atoms with Gasteiger partial charge in [-0.15, -0.1) is 0 Å². The van der Waals surface area contributed by atoms with Crippen LogP contribution in [-0.2, 0) is 4.74 Å². The molecule has 0 aliphatic carbocycles. The second-order valence-corrected chi connectivity index (χ2v) is 5.45. The molecule has 0 aromatic heterocycles. The maximum atomic E-state index is 9.19. The van der Waals surface area contributed by atoms with Gasteiger partial charge in [-0.2, -0.15) is 5.26 Å². The number of nitriles is 1. The fourth-order valence-corrected chi connectivity index (χ4v) is 3.17. The van der Waals surface area contributed by atoms with E-state index in [0.29, 0.717) is 13.2 Å². The summed E-state index contributed by atoms with van der Waals surface area (Å²) in [5, 5.41) is 9.19. The van der Waals surface area contributed by atoms with E-state index in [0.717, 1.165) is 25.7 Å². The minimum Gasteiger partial charge on any atom is -0.378 e. The quantitative estimate of drug-likeness (QED) is 0.672. The molecule has 3 saturated heterocycles. The highest BCUT2D eigenvalue weighted by Crippen LogP contribution is 2.29. The van der Waals surface area contributed by atoms with Crippen molar-refractivity contribution in [3.63, 3.8) is 0 Å². The summed E-state index contributed by atoms with van der Waals surface area (Å²) in [6.45, 7) is 6.93. The Labute approximate surface area is 96.8 Å². The van der Waals surface area contributed by atoms with Gasteiger partial charge in [0.2, 0.25) is 0 Å². The van der Waals surface area contributed by atoms with E-state index in [1.807, 2.05) is 0 Å². The molecule has 3 aliphatic heterocycles. The molecule has 88 valence electrons. The van der Waals surface area contributed by atoms with E-state index >= 15 is 0 Å². The smallest absolute Gasteiger partial charge is 0.116 e. The van der Waals surface area contributed by atoms with E-state index in [1.54, 1.807) is 0 Å². The van der Waals surface area contributed by atoms with Gasteiger partial charge in [-0.05, 0) is 19.4 Å². The van der Waals surface area contributed by atoms with Gasteiger partial charge in [0.15, 0.2) is 0 Å². The van der Waals surface area contributed by atoms with Crippen molar-refractivity contribution in [2.75, 3.05) is 45.9 Å². The first kappa shape index (κ1) is 10.5. The Morgan fingerprint density at radius 3 is 2.88 bits per heavy atom. The molecule has 0 aromatic carbocycles. The molecule has 0 amide bonds. The number of rotatable bonds is 2. The van der Waals surface area contributed by atoms with Crippen molar-refractivity contribution in [3.05, 3.63) is 0 Å². The maximum Gasteiger partial charge on any atom is 0.116 e. The Hall–Kier alpha value is -0.630. The average molecular weight is 221 g/mol. The molecule has 1 unspecified atom stereocenters. The first-order valence-corrected chi connectivity index (χ1v) is 6.27. The van der Waals surface area contributed by atoms with Crippen LogP contribution in [0, 0.1) is 16.7 Å². The van der Waals surface area contributed by atoms with Crippen LogP contribution in [-0.4, -0.2) is 61.8 Å². The fraction of sp³-hybridized carbons (Fsp3) is 0.917. The zero-order valence-electron chi connectivity index (χ0n) is 9.69. The largest absolute Gasteiger partial charge is 0.378 e. The summed E-state index contributed by atoms with van der Waals surface area (Å²) in [5.41, 5.74) is -0.194. The van der Waals surface area contributed by atoms with Gasteiger partial charge in [-0.25, -0.2) is 0 Å². The lowest BCUT2D eigenvalue weighted by atomic mass is 9.87. The summed E-state index contributed by atoms with van der Waals surface area (Å²) in [6.07, 6.45) is 2.69. The number of nitrogens with zero attached hydrogens (tertiary/aromatic N) is 3. The molecule has 3 aliphatic rings. The van der Waals surface area contributed by atoms with E-state index < -0.39 is 0 Å². The normalized spacial score (nSPS) is 34.1. The monoisotopic (exact) mass is 221 g/mol. The minimum atomic E-state index is -0.194. The van der Waals surface area contributed by atoms with Gasteiger partial charge in [0.05, 0.1) is 19.3 Å². The lowest BCUT2D eigenvalue weighted by molar-refractivity contribution is -0.0964. The number of hydrogen-bond acceptors (Lipinski definition) is 4. The van der Waals surface area contributed by atoms with Crippen LogP contribution >= 0.6 is 0 Å². The number of fused-ring (bicyclic) bond motifs is 1. The SMILES string of the molecule is N#CC1(CN2CCN3CCCC3C2)COC1. The highest BCUT2D eigenvalue weighted by atomic mass is 16.5. The zero-order chi connectivity index (χ0) is 11.0. The van der Waals surface area contributed by atoms with Gasteiger partial charge in [-0.3, -0.25) is 9.80 Å². The molecule has 0 aromatic rings. The summed E-state index contributed by atoms with van der Waals surface area (Å²) >= 11 is 0. The highest BCUT2D eigenvalue weighted by Gasteiger charge is 2.42. The van der Waals surface area contributed by atoms with Crippen molar-refractivity contribution in [1.29, 1.82) is 5.26 Å². The maximum absolute atomic E-state index is 9.19.